The van der Waals surface area contributed by atoms with E-state index in [4.69, 9.17) is 22.0 Å². The zero-order valence-corrected chi connectivity index (χ0v) is 18.3. The molecule has 0 aliphatic heterocycles. The molecule has 33 heavy (non-hydrogen) atoms. The molecule has 12 nitrogen and oxygen atoms in total. The van der Waals surface area contributed by atoms with Crippen LogP contribution in [-0.4, -0.2) is 53.4 Å². The molecule has 0 fully saturated rings. The molecule has 0 aliphatic carbocycles. The van der Waals surface area contributed by atoms with Crippen LogP contribution in [-0.2, 0) is 20.9 Å². The fourth-order valence-electron chi connectivity index (χ4n) is 2.63. The van der Waals surface area contributed by atoms with E-state index in [1.807, 2.05) is 17.5 Å². The Kier molecular flexibility index (Phi) is 9.32. The maximum atomic E-state index is 12.4. The van der Waals surface area contributed by atoms with Crippen molar-refractivity contribution in [3.05, 3.63) is 52.2 Å². The summed E-state index contributed by atoms with van der Waals surface area (Å²) in [5.41, 5.74) is 11.8. The van der Waals surface area contributed by atoms with Crippen LogP contribution in [0.4, 0.5) is 5.69 Å². The van der Waals surface area contributed by atoms with E-state index in [-0.39, 0.29) is 24.6 Å². The van der Waals surface area contributed by atoms with Crippen molar-refractivity contribution in [1.29, 1.82) is 5.41 Å². The van der Waals surface area contributed by atoms with E-state index in [1.165, 1.54) is 23.5 Å². The van der Waals surface area contributed by atoms with Gasteiger partial charge in [0.25, 0.3) is 5.91 Å². The van der Waals surface area contributed by atoms with E-state index < -0.39 is 42.2 Å². The lowest BCUT2D eigenvalue weighted by atomic mass is 10.1. The molecule has 1 aromatic heterocycles. The number of carboxylic acids is 1. The lowest BCUT2D eigenvalue weighted by molar-refractivity contribution is -0.140. The van der Waals surface area contributed by atoms with E-state index in [0.29, 0.717) is 5.69 Å². The summed E-state index contributed by atoms with van der Waals surface area (Å²) in [6, 6.07) is 7.17. The number of anilines is 1. The third kappa shape index (κ3) is 8.59. The van der Waals surface area contributed by atoms with Crippen LogP contribution < -0.4 is 32.7 Å². The van der Waals surface area contributed by atoms with Gasteiger partial charge in [-0.3, -0.25) is 24.6 Å². The molecular weight excluding hydrogens is 450 g/mol. The number of carboxylic acid groups (broad SMARTS) is 1. The molecular formula is C20H25N7O5S. The van der Waals surface area contributed by atoms with Gasteiger partial charge in [0.15, 0.2) is 5.96 Å². The Labute approximate surface area is 193 Å². The van der Waals surface area contributed by atoms with Gasteiger partial charge in [0.05, 0.1) is 13.0 Å². The summed E-state index contributed by atoms with van der Waals surface area (Å²) in [6.45, 7) is -0.0416. The third-order valence-electron chi connectivity index (χ3n) is 4.27. The smallest absolute Gasteiger partial charge is 0.305 e. The molecule has 1 heterocycles. The maximum Gasteiger partial charge on any atom is 0.305 e. The van der Waals surface area contributed by atoms with Gasteiger partial charge >= 0.3 is 5.97 Å². The Morgan fingerprint density at radius 2 is 1.76 bits per heavy atom. The topological polar surface area (TPSA) is 213 Å². The first-order chi connectivity index (χ1) is 15.7. The highest BCUT2D eigenvalue weighted by Crippen LogP contribution is 2.09. The normalized spacial score (nSPS) is 12.2. The molecule has 0 radical (unpaired) electrons. The molecule has 13 heteroatoms. The Morgan fingerprint density at radius 3 is 2.33 bits per heavy atom. The number of aliphatic carboxylic acids is 1. The van der Waals surface area contributed by atoms with Crippen molar-refractivity contribution in [3.63, 3.8) is 0 Å². The first-order valence-corrected chi connectivity index (χ1v) is 10.6. The maximum absolute atomic E-state index is 12.4. The quantitative estimate of drug-likeness (QED) is 0.155. The molecule has 10 N–H and O–H groups in total. The number of hydrogen-bond acceptors (Lipinski definition) is 7. The average Bonchev–Trinajstić information content (AvgIpc) is 3.28. The summed E-state index contributed by atoms with van der Waals surface area (Å²) in [5.74, 6) is -3.45. The fraction of sp³-hybridized carbons (Fsp3) is 0.250. The van der Waals surface area contributed by atoms with Gasteiger partial charge in [-0.05, 0) is 35.7 Å². The van der Waals surface area contributed by atoms with Gasteiger partial charge < -0.3 is 37.8 Å². The summed E-state index contributed by atoms with van der Waals surface area (Å²) in [6.07, 6.45) is -0.623. The van der Waals surface area contributed by atoms with Crippen LogP contribution in [0.25, 0.3) is 0 Å². The SMILES string of the molecule is N=C(N)Nc1ccc(C(=O)NCC(N)C(=O)NC(CC(=O)O)C(=O)NCc2cccs2)cc1. The average molecular weight is 476 g/mol. The van der Waals surface area contributed by atoms with Crippen LogP contribution in [0.1, 0.15) is 21.7 Å². The monoisotopic (exact) mass is 475 g/mol. The van der Waals surface area contributed by atoms with Crippen LogP contribution in [0.3, 0.4) is 0 Å². The second kappa shape index (κ2) is 12.2. The molecule has 2 unspecified atom stereocenters. The van der Waals surface area contributed by atoms with Gasteiger partial charge in [-0.1, -0.05) is 6.07 Å². The first-order valence-electron chi connectivity index (χ1n) is 9.73. The number of nitrogens with one attached hydrogen (secondary N) is 5. The number of thiophene rings is 1. The molecule has 3 amide bonds. The Hall–Kier alpha value is -3.97. The predicted octanol–water partition coefficient (Wildman–Crippen LogP) is -0.614. The highest BCUT2D eigenvalue weighted by molar-refractivity contribution is 7.09. The van der Waals surface area contributed by atoms with Gasteiger partial charge in [-0.25, -0.2) is 0 Å². The molecule has 0 aliphatic rings. The molecule has 0 saturated heterocycles. The van der Waals surface area contributed by atoms with Gasteiger partial charge in [-0.15, -0.1) is 11.3 Å². The van der Waals surface area contributed by atoms with E-state index in [2.05, 4.69) is 21.3 Å². The molecule has 2 rings (SSSR count). The highest BCUT2D eigenvalue weighted by atomic mass is 32.1. The zero-order valence-electron chi connectivity index (χ0n) is 17.5. The number of guanidine groups is 1. The fourth-order valence-corrected chi connectivity index (χ4v) is 3.28. The summed E-state index contributed by atoms with van der Waals surface area (Å²) in [5, 5.41) is 28.0. The second-order valence-electron chi connectivity index (χ2n) is 6.89. The Balaban J connectivity index is 1.87. The molecule has 0 saturated carbocycles. The summed E-state index contributed by atoms with van der Waals surface area (Å²) >= 11 is 1.42. The van der Waals surface area contributed by atoms with Crippen LogP contribution in [0, 0.1) is 5.41 Å². The van der Waals surface area contributed by atoms with Crippen molar-refractivity contribution in [3.8, 4) is 0 Å². The van der Waals surface area contributed by atoms with Crippen molar-refractivity contribution in [2.45, 2.75) is 25.0 Å². The largest absolute Gasteiger partial charge is 0.481 e. The molecule has 0 spiro atoms. The van der Waals surface area contributed by atoms with Crippen molar-refractivity contribution in [1.82, 2.24) is 16.0 Å². The van der Waals surface area contributed by atoms with E-state index in [0.717, 1.165) is 4.88 Å². The number of carbonyl (C=O) groups excluding carboxylic acids is 3. The van der Waals surface area contributed by atoms with Gasteiger partial charge in [0.1, 0.15) is 12.1 Å². The molecule has 1 aromatic carbocycles. The minimum atomic E-state index is -1.32. The van der Waals surface area contributed by atoms with Crippen LogP contribution in [0.5, 0.6) is 0 Å². The highest BCUT2D eigenvalue weighted by Gasteiger charge is 2.26. The summed E-state index contributed by atoms with van der Waals surface area (Å²) < 4.78 is 0. The Morgan fingerprint density at radius 1 is 1.06 bits per heavy atom. The summed E-state index contributed by atoms with van der Waals surface area (Å²) in [7, 11) is 0. The van der Waals surface area contributed by atoms with Gasteiger partial charge in [0, 0.05) is 22.7 Å². The molecule has 176 valence electrons. The molecule has 0 bridgehead atoms. The van der Waals surface area contributed by atoms with Crippen molar-refractivity contribution >= 4 is 46.7 Å². The van der Waals surface area contributed by atoms with Crippen LogP contribution in [0.15, 0.2) is 41.8 Å². The number of amides is 3. The minimum absolute atomic E-state index is 0.200. The van der Waals surface area contributed by atoms with E-state index >= 15 is 0 Å². The molecule has 2 aromatic rings. The van der Waals surface area contributed by atoms with Crippen LogP contribution >= 0.6 is 11.3 Å². The van der Waals surface area contributed by atoms with Gasteiger partial charge in [-0.2, -0.15) is 0 Å². The second-order valence-corrected chi connectivity index (χ2v) is 7.92. The predicted molar refractivity (Wildman–Crippen MR) is 123 cm³/mol. The molecule has 2 atom stereocenters. The third-order valence-corrected chi connectivity index (χ3v) is 5.15. The lowest BCUT2D eigenvalue weighted by Crippen LogP contribution is -2.54. The zero-order chi connectivity index (χ0) is 24.4. The number of hydrogen-bond donors (Lipinski definition) is 8. The minimum Gasteiger partial charge on any atom is -0.481 e. The number of nitrogens with two attached hydrogens (primary N) is 2. The Bertz CT molecular complexity index is 995. The number of benzene rings is 1. The lowest BCUT2D eigenvalue weighted by Gasteiger charge is -2.19. The van der Waals surface area contributed by atoms with Crippen molar-refractivity contribution in [2.75, 3.05) is 11.9 Å². The number of carbonyl (C=O) groups is 4. The summed E-state index contributed by atoms with van der Waals surface area (Å²) in [4.78, 5) is 49.0. The van der Waals surface area contributed by atoms with Crippen molar-refractivity contribution < 1.29 is 24.3 Å². The standard InChI is InChI=1S/C20H25N7O5S/c21-14(10-25-17(30)11-3-5-12(6-4-11)26-20(22)23)18(31)27-15(8-16(28)29)19(32)24-9-13-2-1-7-33-13/h1-7,14-15H,8-10,21H2,(H,24,32)(H,25,30)(H,27,31)(H,28,29)(H4,22,23,26). The first kappa shape index (κ1) is 25.3. The number of rotatable bonds is 11. The van der Waals surface area contributed by atoms with Crippen LogP contribution in [0.2, 0.25) is 0 Å². The van der Waals surface area contributed by atoms with E-state index in [9.17, 15) is 19.2 Å². The van der Waals surface area contributed by atoms with Gasteiger partial charge in [0.2, 0.25) is 11.8 Å². The van der Waals surface area contributed by atoms with E-state index in [1.54, 1.807) is 12.1 Å². The van der Waals surface area contributed by atoms with Crippen molar-refractivity contribution in [2.24, 2.45) is 11.5 Å².